The van der Waals surface area contributed by atoms with Crippen molar-refractivity contribution in [1.82, 2.24) is 0 Å². The lowest BCUT2D eigenvalue weighted by atomic mass is 10.1. The molecule has 0 heterocycles. The minimum Gasteiger partial charge on any atom is -0.461 e. The highest BCUT2D eigenvalue weighted by Crippen LogP contribution is 2.29. The molecule has 0 aliphatic carbocycles. The molecule has 0 spiro atoms. The first-order valence-electron chi connectivity index (χ1n) is 5.69. The maximum atomic E-state index is 13.6. The monoisotopic (exact) mass is 242 g/mol. The van der Waals surface area contributed by atoms with Crippen molar-refractivity contribution in [3.63, 3.8) is 0 Å². The quantitative estimate of drug-likeness (QED) is 0.563. The lowest BCUT2D eigenvalue weighted by Gasteiger charge is -2.15. The number of hydrogen-bond donors (Lipinski definition) is 0. The van der Waals surface area contributed by atoms with E-state index < -0.39 is 11.9 Å². The van der Waals surface area contributed by atoms with Crippen molar-refractivity contribution in [1.29, 1.82) is 0 Å². The molecule has 0 saturated carbocycles. The summed E-state index contributed by atoms with van der Waals surface area (Å²) < 4.78 is 31.7. The van der Waals surface area contributed by atoms with E-state index in [0.29, 0.717) is 6.42 Å². The van der Waals surface area contributed by atoms with Crippen LogP contribution in [0.25, 0.3) is 0 Å². The number of esters is 1. The second-order valence-corrected chi connectivity index (χ2v) is 3.78. The van der Waals surface area contributed by atoms with Gasteiger partial charge in [-0.15, -0.1) is 0 Å². The first-order chi connectivity index (χ1) is 8.09. The van der Waals surface area contributed by atoms with Crippen LogP contribution in [0.2, 0.25) is 0 Å². The lowest BCUT2D eigenvalue weighted by Crippen LogP contribution is -2.28. The predicted octanol–water partition coefficient (Wildman–Crippen LogP) is 3.51. The summed E-state index contributed by atoms with van der Waals surface area (Å²) in [6.07, 6.45) is 2.43. The Kier molecular flexibility index (Phi) is 5.07. The Hall–Kier alpha value is -1.45. The number of hydrogen-bond acceptors (Lipinski definition) is 2. The maximum absolute atomic E-state index is 13.6. The zero-order valence-corrected chi connectivity index (χ0v) is 9.79. The smallest absolute Gasteiger partial charge is 0.381 e. The Balaban J connectivity index is 2.55. The van der Waals surface area contributed by atoms with Gasteiger partial charge < -0.3 is 4.74 Å². The standard InChI is InChI=1S/C13H16F2O2/c1-2-3-7-10-17-12(16)13(14,15)11-8-5-4-6-9-11/h4-6,8-9H,2-3,7,10H2,1H3. The number of rotatable bonds is 6. The van der Waals surface area contributed by atoms with Crippen LogP contribution in [-0.2, 0) is 15.5 Å². The zero-order valence-electron chi connectivity index (χ0n) is 9.79. The van der Waals surface area contributed by atoms with Gasteiger partial charge in [0.1, 0.15) is 0 Å². The van der Waals surface area contributed by atoms with Gasteiger partial charge in [0.15, 0.2) is 0 Å². The molecule has 0 saturated heterocycles. The molecule has 1 aromatic rings. The largest absolute Gasteiger partial charge is 0.461 e. The van der Waals surface area contributed by atoms with E-state index in [1.54, 1.807) is 6.07 Å². The number of alkyl halides is 2. The van der Waals surface area contributed by atoms with Gasteiger partial charge in [0.25, 0.3) is 0 Å². The van der Waals surface area contributed by atoms with E-state index in [2.05, 4.69) is 4.74 Å². The summed E-state index contributed by atoms with van der Waals surface area (Å²) in [5.41, 5.74) is -0.333. The van der Waals surface area contributed by atoms with Gasteiger partial charge in [-0.25, -0.2) is 4.79 Å². The Morgan fingerprint density at radius 2 is 1.88 bits per heavy atom. The molecule has 1 aromatic carbocycles. The van der Waals surface area contributed by atoms with E-state index >= 15 is 0 Å². The van der Waals surface area contributed by atoms with Crippen LogP contribution in [0, 0.1) is 0 Å². The Morgan fingerprint density at radius 3 is 2.47 bits per heavy atom. The molecular formula is C13H16F2O2. The predicted molar refractivity (Wildman–Crippen MR) is 60.8 cm³/mol. The van der Waals surface area contributed by atoms with Crippen LogP contribution >= 0.6 is 0 Å². The zero-order chi connectivity index (χ0) is 12.7. The molecule has 0 atom stereocenters. The van der Waals surface area contributed by atoms with Crippen molar-refractivity contribution in [2.45, 2.75) is 32.1 Å². The lowest BCUT2D eigenvalue weighted by molar-refractivity contribution is -0.173. The van der Waals surface area contributed by atoms with Crippen LogP contribution in [0.4, 0.5) is 8.78 Å². The van der Waals surface area contributed by atoms with Crippen LogP contribution < -0.4 is 0 Å². The van der Waals surface area contributed by atoms with Crippen LogP contribution in [0.3, 0.4) is 0 Å². The van der Waals surface area contributed by atoms with Crippen molar-refractivity contribution >= 4 is 5.97 Å². The highest BCUT2D eigenvalue weighted by molar-refractivity contribution is 5.79. The fourth-order valence-corrected chi connectivity index (χ4v) is 1.37. The molecule has 0 N–H and O–H groups in total. The molecule has 0 aliphatic rings. The van der Waals surface area contributed by atoms with Crippen LogP contribution in [0.15, 0.2) is 30.3 Å². The van der Waals surface area contributed by atoms with Gasteiger partial charge in [-0.2, -0.15) is 8.78 Å². The van der Waals surface area contributed by atoms with E-state index in [-0.39, 0.29) is 12.2 Å². The van der Waals surface area contributed by atoms with Gasteiger partial charge in [-0.05, 0) is 6.42 Å². The molecule has 0 unspecified atom stereocenters. The first kappa shape index (κ1) is 13.6. The molecule has 1 rings (SSSR count). The van der Waals surface area contributed by atoms with Gasteiger partial charge in [0.05, 0.1) is 6.61 Å². The minimum absolute atomic E-state index is 0.0507. The molecule has 0 aromatic heterocycles. The van der Waals surface area contributed by atoms with Crippen LogP contribution in [0.1, 0.15) is 31.7 Å². The molecule has 2 nitrogen and oxygen atoms in total. The van der Waals surface area contributed by atoms with E-state index in [9.17, 15) is 13.6 Å². The average Bonchev–Trinajstić information content (AvgIpc) is 2.35. The summed E-state index contributed by atoms with van der Waals surface area (Å²) in [4.78, 5) is 11.3. The van der Waals surface area contributed by atoms with Gasteiger partial charge in [-0.3, -0.25) is 0 Å². The Bertz CT molecular complexity index is 350. The van der Waals surface area contributed by atoms with E-state index in [1.165, 1.54) is 24.3 Å². The van der Waals surface area contributed by atoms with Crippen molar-refractivity contribution in [2.75, 3.05) is 6.61 Å². The van der Waals surface area contributed by atoms with Crippen molar-refractivity contribution < 1.29 is 18.3 Å². The number of benzene rings is 1. The fraction of sp³-hybridized carbons (Fsp3) is 0.462. The minimum atomic E-state index is -3.56. The third-order valence-electron chi connectivity index (χ3n) is 2.37. The van der Waals surface area contributed by atoms with E-state index in [4.69, 9.17) is 0 Å². The van der Waals surface area contributed by atoms with Gasteiger partial charge >= 0.3 is 11.9 Å². The molecular weight excluding hydrogens is 226 g/mol. The summed E-state index contributed by atoms with van der Waals surface area (Å²) in [5.74, 6) is -5.03. The third kappa shape index (κ3) is 3.80. The highest BCUT2D eigenvalue weighted by Gasteiger charge is 2.42. The second-order valence-electron chi connectivity index (χ2n) is 3.78. The van der Waals surface area contributed by atoms with Gasteiger partial charge in [0.2, 0.25) is 0 Å². The van der Waals surface area contributed by atoms with Gasteiger partial charge in [-0.1, -0.05) is 50.1 Å². The van der Waals surface area contributed by atoms with Crippen LogP contribution in [-0.4, -0.2) is 12.6 Å². The molecule has 94 valence electrons. The van der Waals surface area contributed by atoms with E-state index in [1.807, 2.05) is 6.92 Å². The average molecular weight is 242 g/mol. The topological polar surface area (TPSA) is 26.3 Å². The molecule has 0 bridgehead atoms. The summed E-state index contributed by atoms with van der Waals surface area (Å²) in [6, 6.07) is 6.98. The molecule has 0 aliphatic heterocycles. The number of halogens is 2. The molecule has 0 fully saturated rings. The third-order valence-corrected chi connectivity index (χ3v) is 2.37. The molecule has 17 heavy (non-hydrogen) atoms. The molecule has 0 radical (unpaired) electrons. The maximum Gasteiger partial charge on any atom is 0.381 e. The van der Waals surface area contributed by atoms with Crippen molar-refractivity contribution in [3.8, 4) is 0 Å². The molecule has 0 amide bonds. The van der Waals surface area contributed by atoms with E-state index in [0.717, 1.165) is 12.8 Å². The van der Waals surface area contributed by atoms with Gasteiger partial charge in [0, 0.05) is 5.56 Å². The van der Waals surface area contributed by atoms with Crippen LogP contribution in [0.5, 0.6) is 0 Å². The normalized spacial score (nSPS) is 11.2. The highest BCUT2D eigenvalue weighted by atomic mass is 19.3. The second kappa shape index (κ2) is 6.33. The Morgan fingerprint density at radius 1 is 1.24 bits per heavy atom. The number of carbonyl (C=O) groups is 1. The summed E-state index contributed by atoms with van der Waals surface area (Å²) in [5, 5.41) is 0. The molecule has 4 heteroatoms. The fourth-order valence-electron chi connectivity index (χ4n) is 1.37. The number of carbonyl (C=O) groups excluding carboxylic acids is 1. The Labute approximate surface area is 99.6 Å². The summed E-state index contributed by atoms with van der Waals surface area (Å²) in [7, 11) is 0. The summed E-state index contributed by atoms with van der Waals surface area (Å²) >= 11 is 0. The number of unbranched alkanes of at least 4 members (excludes halogenated alkanes) is 2. The van der Waals surface area contributed by atoms with Crippen molar-refractivity contribution in [2.24, 2.45) is 0 Å². The first-order valence-corrected chi connectivity index (χ1v) is 5.69. The number of ether oxygens (including phenoxy) is 1. The SMILES string of the molecule is CCCCCOC(=O)C(F)(F)c1ccccc1. The summed E-state index contributed by atoms with van der Waals surface area (Å²) in [6.45, 7) is 2.04. The van der Waals surface area contributed by atoms with Crippen molar-refractivity contribution in [3.05, 3.63) is 35.9 Å².